The highest BCUT2D eigenvalue weighted by atomic mass is 16.3. The van der Waals surface area contributed by atoms with Gasteiger partial charge in [0.1, 0.15) is 11.6 Å². The third-order valence-electron chi connectivity index (χ3n) is 3.03. The Balaban J connectivity index is 2.98. The standard InChI is InChI=1S/C16H21N3O2/c1-11(2)14-6-4-5-12(3)15(14)19-16(21)13(9-17)10-18-7-8-20/h4-6,10-11,18,20H,7-8H2,1-3H3,(H,19,21)/b13-10-. The smallest absolute Gasteiger partial charge is 0.267 e. The molecule has 0 saturated carbocycles. The van der Waals surface area contributed by atoms with E-state index in [0.29, 0.717) is 6.54 Å². The number of nitrogens with one attached hydrogen (secondary N) is 2. The molecule has 0 heterocycles. The van der Waals surface area contributed by atoms with Crippen molar-refractivity contribution in [3.8, 4) is 6.07 Å². The highest BCUT2D eigenvalue weighted by Crippen LogP contribution is 2.27. The van der Waals surface area contributed by atoms with Gasteiger partial charge in [-0.15, -0.1) is 0 Å². The molecule has 0 aromatic heterocycles. The Bertz CT molecular complexity index is 571. The molecule has 0 saturated heterocycles. The van der Waals surface area contributed by atoms with Gasteiger partial charge < -0.3 is 15.7 Å². The molecule has 1 aromatic rings. The van der Waals surface area contributed by atoms with E-state index in [1.807, 2.05) is 45.0 Å². The topological polar surface area (TPSA) is 85.2 Å². The first-order chi connectivity index (χ1) is 10.0. The number of aryl methyl sites for hydroxylation is 1. The van der Waals surface area contributed by atoms with E-state index in [0.717, 1.165) is 16.8 Å². The van der Waals surface area contributed by atoms with Crippen LogP contribution in [0.25, 0.3) is 0 Å². The van der Waals surface area contributed by atoms with E-state index in [9.17, 15) is 4.79 Å². The minimum Gasteiger partial charge on any atom is -0.395 e. The molecule has 3 N–H and O–H groups in total. The van der Waals surface area contributed by atoms with Gasteiger partial charge in [-0.25, -0.2) is 0 Å². The molecule has 1 amide bonds. The van der Waals surface area contributed by atoms with Crippen molar-refractivity contribution < 1.29 is 9.90 Å². The van der Waals surface area contributed by atoms with Crippen molar-refractivity contribution in [2.24, 2.45) is 0 Å². The number of nitrogens with zero attached hydrogens (tertiary/aromatic N) is 1. The lowest BCUT2D eigenvalue weighted by molar-refractivity contribution is -0.112. The Labute approximate surface area is 125 Å². The molecule has 0 atom stereocenters. The molecule has 1 aromatic carbocycles. The second kappa shape index (κ2) is 8.08. The van der Waals surface area contributed by atoms with Crippen LogP contribution in [0.3, 0.4) is 0 Å². The average molecular weight is 287 g/mol. The van der Waals surface area contributed by atoms with Crippen LogP contribution in [-0.2, 0) is 4.79 Å². The number of nitriles is 1. The van der Waals surface area contributed by atoms with Crippen molar-refractivity contribution in [3.63, 3.8) is 0 Å². The first kappa shape index (κ1) is 16.7. The first-order valence-electron chi connectivity index (χ1n) is 6.86. The number of carbonyl (C=O) groups excluding carboxylic acids is 1. The number of anilines is 1. The monoisotopic (exact) mass is 287 g/mol. The molecule has 0 aliphatic heterocycles. The third kappa shape index (κ3) is 4.62. The van der Waals surface area contributed by atoms with Crippen molar-refractivity contribution in [2.45, 2.75) is 26.7 Å². The van der Waals surface area contributed by atoms with Gasteiger partial charge in [0.05, 0.1) is 6.61 Å². The van der Waals surface area contributed by atoms with E-state index >= 15 is 0 Å². The van der Waals surface area contributed by atoms with Crippen LogP contribution in [0.15, 0.2) is 30.0 Å². The molecule has 1 rings (SSSR count). The number of para-hydroxylation sites is 1. The zero-order chi connectivity index (χ0) is 15.8. The molecule has 0 aliphatic rings. The van der Waals surface area contributed by atoms with Gasteiger partial charge in [0, 0.05) is 18.4 Å². The number of aliphatic hydroxyl groups excluding tert-OH is 1. The molecule has 112 valence electrons. The van der Waals surface area contributed by atoms with Crippen LogP contribution in [0.5, 0.6) is 0 Å². The fourth-order valence-corrected chi connectivity index (χ4v) is 1.91. The maximum atomic E-state index is 12.2. The third-order valence-corrected chi connectivity index (χ3v) is 3.03. The molecule has 21 heavy (non-hydrogen) atoms. The lowest BCUT2D eigenvalue weighted by atomic mass is 9.98. The highest BCUT2D eigenvalue weighted by molar-refractivity contribution is 6.07. The lowest BCUT2D eigenvalue weighted by Crippen LogP contribution is -2.19. The minimum atomic E-state index is -0.459. The van der Waals surface area contributed by atoms with E-state index < -0.39 is 5.91 Å². The van der Waals surface area contributed by atoms with Crippen LogP contribution in [0.1, 0.15) is 30.9 Å². The second-order valence-corrected chi connectivity index (χ2v) is 5.00. The summed E-state index contributed by atoms with van der Waals surface area (Å²) in [5.41, 5.74) is 2.71. The maximum absolute atomic E-state index is 12.2. The molecule has 0 bridgehead atoms. The number of benzene rings is 1. The van der Waals surface area contributed by atoms with Crippen molar-refractivity contribution in [1.29, 1.82) is 5.26 Å². The minimum absolute atomic E-state index is 0.0265. The summed E-state index contributed by atoms with van der Waals surface area (Å²) in [6, 6.07) is 7.69. The lowest BCUT2D eigenvalue weighted by Gasteiger charge is -2.16. The summed E-state index contributed by atoms with van der Waals surface area (Å²) < 4.78 is 0. The summed E-state index contributed by atoms with van der Waals surface area (Å²) in [6.45, 7) is 6.25. The number of hydrogen-bond acceptors (Lipinski definition) is 4. The first-order valence-corrected chi connectivity index (χ1v) is 6.86. The van der Waals surface area contributed by atoms with Gasteiger partial charge in [0.25, 0.3) is 5.91 Å². The van der Waals surface area contributed by atoms with Gasteiger partial charge in [-0.2, -0.15) is 5.26 Å². The number of rotatable bonds is 6. The van der Waals surface area contributed by atoms with E-state index in [1.165, 1.54) is 6.20 Å². The van der Waals surface area contributed by atoms with E-state index in [1.54, 1.807) is 0 Å². The van der Waals surface area contributed by atoms with Gasteiger partial charge in [-0.1, -0.05) is 32.0 Å². The molecule has 0 radical (unpaired) electrons. The SMILES string of the molecule is Cc1cccc(C(C)C)c1NC(=O)/C(C#N)=C\NCCO. The fraction of sp³-hybridized carbons (Fsp3) is 0.375. The summed E-state index contributed by atoms with van der Waals surface area (Å²) >= 11 is 0. The molecule has 0 spiro atoms. The van der Waals surface area contributed by atoms with Gasteiger partial charge in [0.15, 0.2) is 0 Å². The van der Waals surface area contributed by atoms with E-state index in [-0.39, 0.29) is 18.1 Å². The van der Waals surface area contributed by atoms with Crippen molar-refractivity contribution in [1.82, 2.24) is 5.32 Å². The predicted octanol–water partition coefficient (Wildman–Crippen LogP) is 2.05. The van der Waals surface area contributed by atoms with Crippen LogP contribution in [-0.4, -0.2) is 24.2 Å². The van der Waals surface area contributed by atoms with Crippen LogP contribution in [0.4, 0.5) is 5.69 Å². The fourth-order valence-electron chi connectivity index (χ4n) is 1.91. The summed E-state index contributed by atoms with van der Waals surface area (Å²) in [5.74, 6) is -0.193. The van der Waals surface area contributed by atoms with Crippen molar-refractivity contribution in [3.05, 3.63) is 41.1 Å². The van der Waals surface area contributed by atoms with Gasteiger partial charge in [-0.3, -0.25) is 4.79 Å². The molecular weight excluding hydrogens is 266 g/mol. The van der Waals surface area contributed by atoms with E-state index in [2.05, 4.69) is 10.6 Å². The normalized spacial score (nSPS) is 11.1. The maximum Gasteiger partial charge on any atom is 0.267 e. The number of aliphatic hydroxyl groups is 1. The van der Waals surface area contributed by atoms with Crippen LogP contribution >= 0.6 is 0 Å². The molecule has 0 unspecified atom stereocenters. The Morgan fingerprint density at radius 1 is 1.48 bits per heavy atom. The summed E-state index contributed by atoms with van der Waals surface area (Å²) in [6.07, 6.45) is 1.32. The largest absolute Gasteiger partial charge is 0.395 e. The highest BCUT2D eigenvalue weighted by Gasteiger charge is 2.14. The van der Waals surface area contributed by atoms with Crippen molar-refractivity contribution >= 4 is 11.6 Å². The average Bonchev–Trinajstić information content (AvgIpc) is 2.45. The molecule has 5 heteroatoms. The quantitative estimate of drug-likeness (QED) is 0.424. The molecule has 0 aliphatic carbocycles. The molecule has 0 fully saturated rings. The summed E-state index contributed by atoms with van der Waals surface area (Å²) in [4.78, 5) is 12.2. The van der Waals surface area contributed by atoms with E-state index in [4.69, 9.17) is 10.4 Å². The summed E-state index contributed by atoms with van der Waals surface area (Å²) in [5, 5.41) is 23.2. The van der Waals surface area contributed by atoms with Gasteiger partial charge in [0.2, 0.25) is 0 Å². The number of carbonyl (C=O) groups is 1. The zero-order valence-corrected chi connectivity index (χ0v) is 12.6. The molecule has 5 nitrogen and oxygen atoms in total. The number of amides is 1. The van der Waals surface area contributed by atoms with Gasteiger partial charge >= 0.3 is 0 Å². The van der Waals surface area contributed by atoms with Crippen LogP contribution in [0.2, 0.25) is 0 Å². The van der Waals surface area contributed by atoms with Crippen LogP contribution < -0.4 is 10.6 Å². The zero-order valence-electron chi connectivity index (χ0n) is 12.6. The van der Waals surface area contributed by atoms with Crippen LogP contribution in [0, 0.1) is 18.3 Å². The Morgan fingerprint density at radius 3 is 2.76 bits per heavy atom. The van der Waals surface area contributed by atoms with Crippen molar-refractivity contribution in [2.75, 3.05) is 18.5 Å². The number of hydrogen-bond donors (Lipinski definition) is 3. The Morgan fingerprint density at radius 2 is 2.19 bits per heavy atom. The predicted molar refractivity (Wildman–Crippen MR) is 82.7 cm³/mol. The Kier molecular flexibility index (Phi) is 6.44. The summed E-state index contributed by atoms with van der Waals surface area (Å²) in [7, 11) is 0. The van der Waals surface area contributed by atoms with Gasteiger partial charge in [-0.05, 0) is 24.0 Å². The molecular formula is C16H21N3O2. The second-order valence-electron chi connectivity index (χ2n) is 5.00. The Hall–Kier alpha value is -2.32.